The highest BCUT2D eigenvalue weighted by Crippen LogP contribution is 2.38. The van der Waals surface area contributed by atoms with Crippen molar-refractivity contribution in [3.8, 4) is 28.3 Å². The van der Waals surface area contributed by atoms with E-state index in [4.69, 9.17) is 16.3 Å². The SMILES string of the molecule is COc1nc(-c2cccc(-c3cccc(NC(=O)c4nc5c(n4C)CCN(C)C5)c3Cl)c2F)ccc1CN1CCN(C(C)=O)CC1. The Labute approximate surface area is 272 Å². The van der Waals surface area contributed by atoms with Crippen LogP contribution in [0.3, 0.4) is 0 Å². The first-order valence-electron chi connectivity index (χ1n) is 15.3. The third-order valence-electron chi connectivity index (χ3n) is 8.81. The number of imidazole rings is 1. The van der Waals surface area contributed by atoms with E-state index in [0.717, 1.165) is 43.0 Å². The summed E-state index contributed by atoms with van der Waals surface area (Å²) in [6.45, 7) is 6.65. The maximum Gasteiger partial charge on any atom is 0.291 e. The summed E-state index contributed by atoms with van der Waals surface area (Å²) in [5.74, 6) is -0.0687. The van der Waals surface area contributed by atoms with Crippen LogP contribution in [-0.2, 0) is 31.4 Å². The van der Waals surface area contributed by atoms with Gasteiger partial charge in [-0.3, -0.25) is 14.5 Å². The lowest BCUT2D eigenvalue weighted by Gasteiger charge is -2.34. The number of likely N-dealkylation sites (N-methyl/N-ethyl adjacent to an activating group) is 1. The monoisotopic (exact) mass is 645 g/mol. The topological polar surface area (TPSA) is 95.8 Å². The first-order chi connectivity index (χ1) is 22.1. The van der Waals surface area contributed by atoms with E-state index in [1.165, 1.54) is 0 Å². The summed E-state index contributed by atoms with van der Waals surface area (Å²) >= 11 is 6.82. The number of aromatic nitrogens is 3. The minimum absolute atomic E-state index is 0.0843. The van der Waals surface area contributed by atoms with Crippen LogP contribution in [-0.4, -0.2) is 87.9 Å². The number of carbonyl (C=O) groups is 2. The van der Waals surface area contributed by atoms with Crippen LogP contribution in [0.1, 0.15) is 34.5 Å². The molecule has 0 spiro atoms. The normalized spacial score (nSPS) is 15.5. The molecule has 4 heterocycles. The van der Waals surface area contributed by atoms with E-state index in [-0.39, 0.29) is 22.4 Å². The Morgan fingerprint density at radius 3 is 2.41 bits per heavy atom. The number of ether oxygens (including phenoxy) is 1. The van der Waals surface area contributed by atoms with Crippen molar-refractivity contribution in [3.05, 3.63) is 82.1 Å². The molecule has 2 aliphatic rings. The molecule has 0 radical (unpaired) electrons. The maximum atomic E-state index is 16.2. The summed E-state index contributed by atoms with van der Waals surface area (Å²) < 4.78 is 23.7. The van der Waals surface area contributed by atoms with E-state index in [1.54, 1.807) is 56.5 Å². The molecule has 2 aliphatic heterocycles. The van der Waals surface area contributed by atoms with Gasteiger partial charge in [0.2, 0.25) is 11.8 Å². The second-order valence-electron chi connectivity index (χ2n) is 11.8. The molecule has 1 saturated heterocycles. The first kappa shape index (κ1) is 31.7. The molecule has 12 heteroatoms. The second kappa shape index (κ2) is 13.2. The van der Waals surface area contributed by atoms with Crippen LogP contribution in [0.15, 0.2) is 48.5 Å². The number of nitrogens with zero attached hydrogens (tertiary/aromatic N) is 6. The number of benzene rings is 2. The van der Waals surface area contributed by atoms with Gasteiger partial charge in [-0.1, -0.05) is 41.9 Å². The van der Waals surface area contributed by atoms with Gasteiger partial charge in [0.1, 0.15) is 5.82 Å². The number of nitrogens with one attached hydrogen (secondary N) is 1. The van der Waals surface area contributed by atoms with E-state index in [0.29, 0.717) is 60.4 Å². The molecule has 6 rings (SSSR count). The fourth-order valence-corrected chi connectivity index (χ4v) is 6.47. The van der Waals surface area contributed by atoms with E-state index < -0.39 is 5.82 Å². The van der Waals surface area contributed by atoms with Crippen LogP contribution in [0, 0.1) is 5.82 Å². The molecule has 2 amide bonds. The minimum atomic E-state index is -0.489. The molecule has 0 bridgehead atoms. The molecule has 1 fully saturated rings. The quantitative estimate of drug-likeness (QED) is 0.307. The lowest BCUT2D eigenvalue weighted by atomic mass is 9.99. The largest absolute Gasteiger partial charge is 0.481 e. The van der Waals surface area contributed by atoms with Gasteiger partial charge in [0, 0.05) is 94.2 Å². The van der Waals surface area contributed by atoms with Gasteiger partial charge >= 0.3 is 0 Å². The van der Waals surface area contributed by atoms with Crippen LogP contribution in [0.4, 0.5) is 10.1 Å². The standard InChI is InChI=1S/C34H37ClFN7O3/c1-21(44)43-17-15-42(16-18-43)19-22-11-12-26(39-34(22)46-4)25-9-5-8-24(31(25)36)23-7-6-10-27(30(23)35)38-33(45)32-37-28-20-40(2)14-13-29(28)41(32)3/h5-12H,13-20H2,1-4H3,(H,38,45). The Hall–Kier alpha value is -4.32. The second-order valence-corrected chi connectivity index (χ2v) is 12.2. The Morgan fingerprint density at radius 2 is 1.67 bits per heavy atom. The van der Waals surface area contributed by atoms with Crippen molar-refractivity contribution in [2.45, 2.75) is 26.4 Å². The summed E-state index contributed by atoms with van der Waals surface area (Å²) in [6, 6.07) is 13.9. The van der Waals surface area contributed by atoms with E-state index in [2.05, 4.69) is 25.1 Å². The summed E-state index contributed by atoms with van der Waals surface area (Å²) in [5, 5.41) is 3.10. The van der Waals surface area contributed by atoms with Gasteiger partial charge in [-0.25, -0.2) is 14.4 Å². The smallest absolute Gasteiger partial charge is 0.291 e. The number of halogens is 2. The number of hydrogen-bond donors (Lipinski definition) is 1. The molecule has 1 N–H and O–H groups in total. The van der Waals surface area contributed by atoms with Gasteiger partial charge in [-0.15, -0.1) is 0 Å². The molecule has 0 unspecified atom stereocenters. The highest BCUT2D eigenvalue weighted by atomic mass is 35.5. The molecular weight excluding hydrogens is 609 g/mol. The average molecular weight is 646 g/mol. The number of amides is 2. The van der Waals surface area contributed by atoms with Crippen LogP contribution in [0.2, 0.25) is 5.02 Å². The Morgan fingerprint density at radius 1 is 0.957 bits per heavy atom. The van der Waals surface area contributed by atoms with E-state index >= 15 is 4.39 Å². The third-order valence-corrected chi connectivity index (χ3v) is 9.21. The van der Waals surface area contributed by atoms with E-state index in [1.807, 2.05) is 29.6 Å². The van der Waals surface area contributed by atoms with Gasteiger partial charge in [-0.2, -0.15) is 0 Å². The molecule has 2 aromatic carbocycles. The lowest BCUT2D eigenvalue weighted by Crippen LogP contribution is -2.47. The van der Waals surface area contributed by atoms with Gasteiger partial charge in [0.15, 0.2) is 5.82 Å². The average Bonchev–Trinajstić information content (AvgIpc) is 3.38. The molecule has 0 aliphatic carbocycles. The number of methoxy groups -OCH3 is 1. The molecule has 0 saturated carbocycles. The van der Waals surface area contributed by atoms with Gasteiger partial charge in [-0.05, 0) is 25.2 Å². The fourth-order valence-electron chi connectivity index (χ4n) is 6.19. The predicted molar refractivity (Wildman–Crippen MR) is 175 cm³/mol. The zero-order valence-electron chi connectivity index (χ0n) is 26.4. The molecular formula is C34H37ClFN7O3. The zero-order valence-corrected chi connectivity index (χ0v) is 27.2. The number of hydrogen-bond acceptors (Lipinski definition) is 7. The van der Waals surface area contributed by atoms with Crippen molar-refractivity contribution in [1.29, 1.82) is 0 Å². The Kier molecular flexibility index (Phi) is 9.08. The van der Waals surface area contributed by atoms with Crippen LogP contribution >= 0.6 is 11.6 Å². The summed E-state index contributed by atoms with van der Waals surface area (Å²) in [6.07, 6.45) is 0.817. The molecule has 4 aromatic rings. The van der Waals surface area contributed by atoms with Crippen molar-refractivity contribution < 1.29 is 18.7 Å². The van der Waals surface area contributed by atoms with Crippen LogP contribution < -0.4 is 10.1 Å². The van der Waals surface area contributed by atoms with Crippen LogP contribution in [0.25, 0.3) is 22.4 Å². The summed E-state index contributed by atoms with van der Waals surface area (Å²) in [7, 11) is 5.42. The minimum Gasteiger partial charge on any atom is -0.481 e. The maximum absolute atomic E-state index is 16.2. The Balaban J connectivity index is 1.23. The summed E-state index contributed by atoms with van der Waals surface area (Å²) in [4.78, 5) is 40.5. The van der Waals surface area contributed by atoms with Crippen molar-refractivity contribution in [3.63, 3.8) is 0 Å². The van der Waals surface area contributed by atoms with Crippen molar-refractivity contribution in [1.82, 2.24) is 29.2 Å². The van der Waals surface area contributed by atoms with E-state index in [9.17, 15) is 9.59 Å². The number of fused-ring (bicyclic) bond motifs is 1. The third kappa shape index (κ3) is 6.22. The molecule has 240 valence electrons. The highest BCUT2D eigenvalue weighted by molar-refractivity contribution is 6.36. The van der Waals surface area contributed by atoms with Crippen molar-refractivity contribution in [2.75, 3.05) is 52.2 Å². The molecule has 10 nitrogen and oxygen atoms in total. The number of anilines is 1. The number of carbonyl (C=O) groups excluding carboxylic acids is 2. The van der Waals surface area contributed by atoms with Crippen molar-refractivity contribution in [2.24, 2.45) is 7.05 Å². The Bertz CT molecular complexity index is 1800. The van der Waals surface area contributed by atoms with Gasteiger partial charge < -0.3 is 24.4 Å². The molecule has 46 heavy (non-hydrogen) atoms. The van der Waals surface area contributed by atoms with Gasteiger partial charge in [0.05, 0.1) is 29.2 Å². The number of pyridine rings is 1. The summed E-state index contributed by atoms with van der Waals surface area (Å²) in [5.41, 5.74) is 4.62. The molecule has 0 atom stereocenters. The molecule has 2 aromatic heterocycles. The predicted octanol–water partition coefficient (Wildman–Crippen LogP) is 4.85. The van der Waals surface area contributed by atoms with Crippen LogP contribution in [0.5, 0.6) is 5.88 Å². The fraction of sp³-hybridized carbons (Fsp3) is 0.353. The van der Waals surface area contributed by atoms with Crippen molar-refractivity contribution >= 4 is 29.1 Å². The first-order valence-corrected chi connectivity index (χ1v) is 15.7. The highest BCUT2D eigenvalue weighted by Gasteiger charge is 2.25. The number of rotatable bonds is 7. The number of piperazine rings is 1. The zero-order chi connectivity index (χ0) is 32.5. The van der Waals surface area contributed by atoms with Gasteiger partial charge in [0.25, 0.3) is 5.91 Å². The lowest BCUT2D eigenvalue weighted by molar-refractivity contribution is -0.130.